The molecule has 31 heavy (non-hydrogen) atoms. The summed E-state index contributed by atoms with van der Waals surface area (Å²) < 4.78 is 1.91. The lowest BCUT2D eigenvalue weighted by Gasteiger charge is -2.29. The van der Waals surface area contributed by atoms with E-state index in [0.717, 1.165) is 48.6 Å². The van der Waals surface area contributed by atoms with Gasteiger partial charge in [0.1, 0.15) is 5.82 Å². The molecule has 4 aromatic heterocycles. The number of hydrogen-bond donors (Lipinski definition) is 2. The van der Waals surface area contributed by atoms with E-state index in [1.165, 1.54) is 5.56 Å². The van der Waals surface area contributed by atoms with Crippen molar-refractivity contribution in [3.8, 4) is 11.3 Å². The molecule has 5 rings (SSSR count). The monoisotopic (exact) mass is 434 g/mol. The number of piperazine rings is 1. The molecular formula is C22H23ClN8. The molecule has 0 atom stereocenters. The third-order valence-corrected chi connectivity index (χ3v) is 5.93. The quantitative estimate of drug-likeness (QED) is 0.507. The van der Waals surface area contributed by atoms with E-state index in [2.05, 4.69) is 54.6 Å². The van der Waals surface area contributed by atoms with Crippen LogP contribution in [0.2, 0.25) is 5.02 Å². The molecule has 4 aromatic rings. The summed E-state index contributed by atoms with van der Waals surface area (Å²) in [4.78, 5) is 15.8. The summed E-state index contributed by atoms with van der Waals surface area (Å²) >= 11 is 6.45. The van der Waals surface area contributed by atoms with Crippen LogP contribution >= 0.6 is 11.6 Å². The third kappa shape index (κ3) is 3.80. The van der Waals surface area contributed by atoms with Crippen molar-refractivity contribution in [1.29, 1.82) is 0 Å². The Kier molecular flexibility index (Phi) is 5.17. The topological polar surface area (TPSA) is 83.3 Å². The average molecular weight is 435 g/mol. The highest BCUT2D eigenvalue weighted by molar-refractivity contribution is 6.33. The van der Waals surface area contributed by atoms with Crippen molar-refractivity contribution in [3.05, 3.63) is 59.1 Å². The number of halogens is 1. The van der Waals surface area contributed by atoms with Gasteiger partial charge in [0.25, 0.3) is 0 Å². The summed E-state index contributed by atoms with van der Waals surface area (Å²) in [5.41, 5.74) is 5.82. The van der Waals surface area contributed by atoms with Gasteiger partial charge in [0, 0.05) is 37.4 Å². The minimum Gasteiger partial charge on any atom is -0.368 e. The molecule has 0 aromatic carbocycles. The Morgan fingerprint density at radius 1 is 1.00 bits per heavy atom. The number of hydrogen-bond acceptors (Lipinski definition) is 7. The molecule has 0 unspecified atom stereocenters. The van der Waals surface area contributed by atoms with Crippen LogP contribution in [-0.4, -0.2) is 50.7 Å². The molecule has 0 bridgehead atoms. The highest BCUT2D eigenvalue weighted by atomic mass is 35.5. The van der Waals surface area contributed by atoms with E-state index in [0.29, 0.717) is 22.5 Å². The second kappa shape index (κ2) is 8.13. The fourth-order valence-corrected chi connectivity index (χ4v) is 3.95. The fourth-order valence-electron chi connectivity index (χ4n) is 3.76. The number of rotatable bonds is 4. The molecule has 0 amide bonds. The predicted octanol–water partition coefficient (Wildman–Crippen LogP) is 3.61. The maximum Gasteiger partial charge on any atom is 0.228 e. The zero-order chi connectivity index (χ0) is 21.4. The number of aromatic nitrogens is 5. The minimum atomic E-state index is 0.435. The third-order valence-electron chi connectivity index (χ3n) is 5.66. The number of nitrogens with zero attached hydrogens (tertiary/aromatic N) is 6. The molecule has 1 aliphatic rings. The van der Waals surface area contributed by atoms with Gasteiger partial charge in [0.05, 0.1) is 40.5 Å². The number of aryl methyl sites for hydroxylation is 2. The first-order valence-electron chi connectivity index (χ1n) is 10.3. The first-order valence-corrected chi connectivity index (χ1v) is 10.6. The standard InChI is InChI=1S/C22H23ClN8/c1-14-3-5-19-17(12-27-31(19)15(14)2)21-18(23)13-26-22(29-21)28-20-6-4-16(11-25-20)30-9-7-24-8-10-30/h3-6,11-13,24H,7-10H2,1-2H3,(H,25,26,28,29). The molecule has 1 fully saturated rings. The van der Waals surface area contributed by atoms with Gasteiger partial charge in [-0.1, -0.05) is 17.7 Å². The summed E-state index contributed by atoms with van der Waals surface area (Å²) in [6, 6.07) is 8.12. The highest BCUT2D eigenvalue weighted by Gasteiger charge is 2.16. The molecule has 0 saturated carbocycles. The van der Waals surface area contributed by atoms with Crippen LogP contribution in [0.5, 0.6) is 0 Å². The van der Waals surface area contributed by atoms with Gasteiger partial charge in [-0.25, -0.2) is 19.5 Å². The SMILES string of the molecule is Cc1ccc2c(-c3nc(Nc4ccc(N5CCNCC5)cn4)ncc3Cl)cnn2c1C. The van der Waals surface area contributed by atoms with Gasteiger partial charge in [0.2, 0.25) is 5.95 Å². The minimum absolute atomic E-state index is 0.435. The van der Waals surface area contributed by atoms with E-state index < -0.39 is 0 Å². The van der Waals surface area contributed by atoms with Crippen LogP contribution in [0.3, 0.4) is 0 Å². The Bertz CT molecular complexity index is 1230. The van der Waals surface area contributed by atoms with Crippen molar-refractivity contribution >= 4 is 34.6 Å². The first kappa shape index (κ1) is 19.7. The lowest BCUT2D eigenvalue weighted by atomic mass is 10.1. The van der Waals surface area contributed by atoms with Crippen LogP contribution in [-0.2, 0) is 0 Å². The molecule has 2 N–H and O–H groups in total. The smallest absolute Gasteiger partial charge is 0.228 e. The Morgan fingerprint density at radius 2 is 1.84 bits per heavy atom. The predicted molar refractivity (Wildman–Crippen MR) is 123 cm³/mol. The molecule has 0 aliphatic carbocycles. The van der Waals surface area contributed by atoms with Gasteiger partial charge in [0.15, 0.2) is 0 Å². The van der Waals surface area contributed by atoms with Gasteiger partial charge >= 0.3 is 0 Å². The molecule has 5 heterocycles. The summed E-state index contributed by atoms with van der Waals surface area (Å²) in [5.74, 6) is 1.11. The van der Waals surface area contributed by atoms with Crippen LogP contribution < -0.4 is 15.5 Å². The highest BCUT2D eigenvalue weighted by Crippen LogP contribution is 2.31. The molecule has 1 saturated heterocycles. The van der Waals surface area contributed by atoms with Crippen LogP contribution in [0, 0.1) is 13.8 Å². The van der Waals surface area contributed by atoms with Crippen molar-refractivity contribution in [2.24, 2.45) is 0 Å². The maximum absolute atomic E-state index is 6.45. The first-order chi connectivity index (χ1) is 15.1. The summed E-state index contributed by atoms with van der Waals surface area (Å²) in [7, 11) is 0. The van der Waals surface area contributed by atoms with Crippen molar-refractivity contribution in [1.82, 2.24) is 29.9 Å². The zero-order valence-corrected chi connectivity index (χ0v) is 18.2. The number of nitrogens with one attached hydrogen (secondary N) is 2. The fraction of sp³-hybridized carbons (Fsp3) is 0.273. The summed E-state index contributed by atoms with van der Waals surface area (Å²) in [6.45, 7) is 8.06. The van der Waals surface area contributed by atoms with E-state index >= 15 is 0 Å². The molecule has 8 nitrogen and oxygen atoms in total. The summed E-state index contributed by atoms with van der Waals surface area (Å²) in [6.07, 6.45) is 5.27. The van der Waals surface area contributed by atoms with E-state index in [1.807, 2.05) is 29.8 Å². The maximum atomic E-state index is 6.45. The van der Waals surface area contributed by atoms with Gasteiger partial charge in [-0.2, -0.15) is 5.10 Å². The Labute approximate surface area is 185 Å². The number of fused-ring (bicyclic) bond motifs is 1. The Hall–Kier alpha value is -3.23. The Balaban J connectivity index is 1.42. The lowest BCUT2D eigenvalue weighted by molar-refractivity contribution is 0.589. The second-order valence-corrected chi connectivity index (χ2v) is 8.02. The molecule has 1 aliphatic heterocycles. The van der Waals surface area contributed by atoms with E-state index in [4.69, 9.17) is 11.6 Å². The van der Waals surface area contributed by atoms with Gasteiger partial charge < -0.3 is 15.5 Å². The summed E-state index contributed by atoms with van der Waals surface area (Å²) in [5, 5.41) is 11.5. The van der Waals surface area contributed by atoms with Crippen LogP contribution in [0.4, 0.5) is 17.5 Å². The van der Waals surface area contributed by atoms with Gasteiger partial charge in [-0.15, -0.1) is 0 Å². The molecule has 158 valence electrons. The lowest BCUT2D eigenvalue weighted by Crippen LogP contribution is -2.43. The van der Waals surface area contributed by atoms with Crippen molar-refractivity contribution in [2.75, 3.05) is 36.4 Å². The number of pyridine rings is 2. The molecule has 0 radical (unpaired) electrons. The Morgan fingerprint density at radius 3 is 2.61 bits per heavy atom. The number of anilines is 3. The van der Waals surface area contributed by atoms with Crippen LogP contribution in [0.1, 0.15) is 11.3 Å². The van der Waals surface area contributed by atoms with E-state index in [-0.39, 0.29) is 0 Å². The largest absolute Gasteiger partial charge is 0.368 e. The van der Waals surface area contributed by atoms with Crippen molar-refractivity contribution in [2.45, 2.75) is 13.8 Å². The van der Waals surface area contributed by atoms with Gasteiger partial charge in [-0.3, -0.25) is 0 Å². The average Bonchev–Trinajstić information content (AvgIpc) is 3.23. The molecular weight excluding hydrogens is 412 g/mol. The molecule has 9 heteroatoms. The zero-order valence-electron chi connectivity index (χ0n) is 17.4. The normalized spacial score (nSPS) is 14.2. The second-order valence-electron chi connectivity index (χ2n) is 7.61. The van der Waals surface area contributed by atoms with Crippen molar-refractivity contribution in [3.63, 3.8) is 0 Å². The van der Waals surface area contributed by atoms with Crippen LogP contribution in [0.25, 0.3) is 16.8 Å². The van der Waals surface area contributed by atoms with Gasteiger partial charge in [-0.05, 0) is 37.6 Å². The molecule has 0 spiro atoms. The van der Waals surface area contributed by atoms with Crippen molar-refractivity contribution < 1.29 is 0 Å². The van der Waals surface area contributed by atoms with E-state index in [1.54, 1.807) is 12.4 Å². The van der Waals surface area contributed by atoms with E-state index in [9.17, 15) is 0 Å². The van der Waals surface area contributed by atoms with Crippen LogP contribution in [0.15, 0.2) is 42.9 Å².